The van der Waals surface area contributed by atoms with E-state index in [2.05, 4.69) is 48.5 Å². The Morgan fingerprint density at radius 2 is 2.00 bits per heavy atom. The summed E-state index contributed by atoms with van der Waals surface area (Å²) in [5, 5.41) is 2.10. The fourth-order valence-corrected chi connectivity index (χ4v) is 2.13. The Labute approximate surface area is 88.4 Å². The number of hydrogen-bond acceptors (Lipinski definition) is 2. The van der Waals surface area contributed by atoms with Gasteiger partial charge in [0, 0.05) is 10.9 Å². The van der Waals surface area contributed by atoms with Crippen molar-refractivity contribution < 1.29 is 0 Å². The third-order valence-electron chi connectivity index (χ3n) is 2.29. The smallest absolute Gasteiger partial charge is 0.0813 e. The molecule has 1 aromatic carbocycles. The van der Waals surface area contributed by atoms with Crippen LogP contribution in [0, 0.1) is 0 Å². The van der Waals surface area contributed by atoms with E-state index in [1.54, 1.807) is 11.3 Å². The molecule has 0 radical (unpaired) electrons. The molecule has 1 nitrogen and oxygen atoms in total. The van der Waals surface area contributed by atoms with Crippen molar-refractivity contribution in [2.45, 2.75) is 19.8 Å². The number of nitrogens with zero attached hydrogens (tertiary/aromatic N) is 1. The lowest BCUT2D eigenvalue weighted by Crippen LogP contribution is -1.91. The predicted octanol–water partition coefficient (Wildman–Crippen LogP) is 3.93. The second-order valence-electron chi connectivity index (χ2n) is 3.62. The molecule has 0 aliphatic heterocycles. The van der Waals surface area contributed by atoms with Crippen molar-refractivity contribution in [3.05, 3.63) is 40.7 Å². The lowest BCUT2D eigenvalue weighted by molar-refractivity contribution is 0.868. The molecule has 14 heavy (non-hydrogen) atoms. The van der Waals surface area contributed by atoms with Crippen LogP contribution in [0.15, 0.2) is 35.2 Å². The average Bonchev–Trinajstić information content (AvgIpc) is 2.70. The van der Waals surface area contributed by atoms with Crippen molar-refractivity contribution in [2.75, 3.05) is 0 Å². The molecule has 0 bridgehead atoms. The average molecular weight is 203 g/mol. The molecule has 0 aliphatic rings. The molecule has 0 spiro atoms. The molecule has 0 atom stereocenters. The fraction of sp³-hybridized carbons (Fsp3) is 0.250. The Kier molecular flexibility index (Phi) is 2.64. The van der Waals surface area contributed by atoms with Gasteiger partial charge in [0.15, 0.2) is 0 Å². The monoisotopic (exact) mass is 203 g/mol. The normalized spacial score (nSPS) is 10.8. The maximum absolute atomic E-state index is 4.35. The second kappa shape index (κ2) is 3.93. The summed E-state index contributed by atoms with van der Waals surface area (Å²) in [7, 11) is 0. The molecule has 0 unspecified atom stereocenters. The van der Waals surface area contributed by atoms with Gasteiger partial charge in [0.25, 0.3) is 0 Å². The number of thiazole rings is 1. The predicted molar refractivity (Wildman–Crippen MR) is 61.6 cm³/mol. The van der Waals surface area contributed by atoms with Crippen molar-refractivity contribution in [1.82, 2.24) is 4.98 Å². The van der Waals surface area contributed by atoms with Crippen molar-refractivity contribution in [2.24, 2.45) is 0 Å². The molecule has 2 heteroatoms. The van der Waals surface area contributed by atoms with Crippen LogP contribution in [0.3, 0.4) is 0 Å². The van der Waals surface area contributed by atoms with Gasteiger partial charge in [0.2, 0.25) is 0 Å². The van der Waals surface area contributed by atoms with E-state index < -0.39 is 0 Å². The molecule has 1 heterocycles. The highest BCUT2D eigenvalue weighted by Gasteiger charge is 2.08. The highest BCUT2D eigenvalue weighted by molar-refractivity contribution is 7.07. The summed E-state index contributed by atoms with van der Waals surface area (Å²) in [5.74, 6) is 0.549. The van der Waals surface area contributed by atoms with Crippen LogP contribution in [-0.2, 0) is 0 Å². The first-order valence-corrected chi connectivity index (χ1v) is 5.71. The van der Waals surface area contributed by atoms with Crippen molar-refractivity contribution in [3.8, 4) is 11.3 Å². The van der Waals surface area contributed by atoms with Crippen LogP contribution in [0.25, 0.3) is 11.3 Å². The zero-order valence-electron chi connectivity index (χ0n) is 8.40. The van der Waals surface area contributed by atoms with Crippen LogP contribution < -0.4 is 0 Å². The topological polar surface area (TPSA) is 12.9 Å². The van der Waals surface area contributed by atoms with E-state index >= 15 is 0 Å². The third kappa shape index (κ3) is 1.70. The molecule has 72 valence electrons. The molecule has 2 aromatic rings. The molecule has 0 aliphatic carbocycles. The third-order valence-corrected chi connectivity index (χ3v) is 2.88. The van der Waals surface area contributed by atoms with E-state index in [0.717, 1.165) is 5.69 Å². The number of rotatable bonds is 2. The molecule has 1 aromatic heterocycles. The van der Waals surface area contributed by atoms with Gasteiger partial charge >= 0.3 is 0 Å². The zero-order valence-corrected chi connectivity index (χ0v) is 9.21. The van der Waals surface area contributed by atoms with E-state index in [-0.39, 0.29) is 0 Å². The van der Waals surface area contributed by atoms with Gasteiger partial charge < -0.3 is 0 Å². The SMILES string of the molecule is CC(C)c1ccccc1-c1cscn1. The molecular formula is C12H13NS. The summed E-state index contributed by atoms with van der Waals surface area (Å²) < 4.78 is 0. The van der Waals surface area contributed by atoms with Gasteiger partial charge in [-0.2, -0.15) is 0 Å². The van der Waals surface area contributed by atoms with Crippen LogP contribution in [0.4, 0.5) is 0 Å². The molecule has 0 amide bonds. The maximum Gasteiger partial charge on any atom is 0.0813 e. The van der Waals surface area contributed by atoms with Crippen LogP contribution in [0.1, 0.15) is 25.3 Å². The van der Waals surface area contributed by atoms with Crippen molar-refractivity contribution in [3.63, 3.8) is 0 Å². The number of hydrogen-bond donors (Lipinski definition) is 0. The first-order chi connectivity index (χ1) is 6.79. The molecule has 0 fully saturated rings. The van der Waals surface area contributed by atoms with E-state index in [1.165, 1.54) is 11.1 Å². The number of benzene rings is 1. The van der Waals surface area contributed by atoms with Crippen LogP contribution in [0.5, 0.6) is 0 Å². The summed E-state index contributed by atoms with van der Waals surface area (Å²) >= 11 is 1.64. The molecule has 0 N–H and O–H groups in total. The summed E-state index contributed by atoms with van der Waals surface area (Å²) in [6.45, 7) is 4.43. The second-order valence-corrected chi connectivity index (χ2v) is 4.33. The van der Waals surface area contributed by atoms with Gasteiger partial charge in [-0.25, -0.2) is 4.98 Å². The highest BCUT2D eigenvalue weighted by Crippen LogP contribution is 2.28. The summed E-state index contributed by atoms with van der Waals surface area (Å²) in [4.78, 5) is 4.35. The van der Waals surface area contributed by atoms with Crippen LogP contribution in [-0.4, -0.2) is 4.98 Å². The van der Waals surface area contributed by atoms with Crippen molar-refractivity contribution in [1.29, 1.82) is 0 Å². The fourth-order valence-electron chi connectivity index (χ4n) is 1.58. The summed E-state index contributed by atoms with van der Waals surface area (Å²) in [6, 6.07) is 8.48. The lowest BCUT2D eigenvalue weighted by Gasteiger charge is -2.10. The minimum Gasteiger partial charge on any atom is -0.245 e. The minimum absolute atomic E-state index is 0.549. The van der Waals surface area contributed by atoms with Gasteiger partial charge in [0.05, 0.1) is 11.2 Å². The van der Waals surface area contributed by atoms with Gasteiger partial charge in [-0.3, -0.25) is 0 Å². The highest BCUT2D eigenvalue weighted by atomic mass is 32.1. The van der Waals surface area contributed by atoms with E-state index in [0.29, 0.717) is 5.92 Å². The largest absolute Gasteiger partial charge is 0.245 e. The molecule has 0 saturated heterocycles. The van der Waals surface area contributed by atoms with E-state index in [1.807, 2.05) is 5.51 Å². The summed E-state index contributed by atoms with van der Waals surface area (Å²) in [5.41, 5.74) is 5.62. The first kappa shape index (κ1) is 9.41. The Bertz CT molecular complexity index is 404. The van der Waals surface area contributed by atoms with Crippen molar-refractivity contribution >= 4 is 11.3 Å². The molecule has 2 rings (SSSR count). The summed E-state index contributed by atoms with van der Waals surface area (Å²) in [6.07, 6.45) is 0. The molecular weight excluding hydrogens is 190 g/mol. The Balaban J connectivity index is 2.53. The quantitative estimate of drug-likeness (QED) is 0.720. The Morgan fingerprint density at radius 3 is 2.64 bits per heavy atom. The van der Waals surface area contributed by atoms with Gasteiger partial charge in [0.1, 0.15) is 0 Å². The number of aromatic nitrogens is 1. The Morgan fingerprint density at radius 1 is 1.21 bits per heavy atom. The zero-order chi connectivity index (χ0) is 9.97. The van der Waals surface area contributed by atoms with Crippen LogP contribution >= 0.6 is 11.3 Å². The Hall–Kier alpha value is -1.15. The van der Waals surface area contributed by atoms with Gasteiger partial charge in [-0.1, -0.05) is 38.1 Å². The minimum atomic E-state index is 0.549. The lowest BCUT2D eigenvalue weighted by atomic mass is 9.96. The van der Waals surface area contributed by atoms with E-state index in [9.17, 15) is 0 Å². The van der Waals surface area contributed by atoms with Gasteiger partial charge in [-0.15, -0.1) is 11.3 Å². The van der Waals surface area contributed by atoms with E-state index in [4.69, 9.17) is 0 Å². The molecule has 0 saturated carbocycles. The van der Waals surface area contributed by atoms with Gasteiger partial charge in [-0.05, 0) is 11.5 Å². The maximum atomic E-state index is 4.35. The standard InChI is InChI=1S/C12H13NS/c1-9(2)10-5-3-4-6-11(10)12-7-14-8-13-12/h3-9H,1-2H3. The first-order valence-electron chi connectivity index (χ1n) is 4.76. The van der Waals surface area contributed by atoms with Crippen LogP contribution in [0.2, 0.25) is 0 Å².